The van der Waals surface area contributed by atoms with Crippen molar-refractivity contribution in [3.8, 4) is 0 Å². The fourth-order valence-electron chi connectivity index (χ4n) is 5.35. The molecule has 2 amide bonds. The normalized spacial score (nSPS) is 20.4. The highest BCUT2D eigenvalue weighted by Crippen LogP contribution is 2.32. The molecule has 0 aromatic rings. The molecular weight excluding hydrogens is 562 g/mol. The second-order valence-electron chi connectivity index (χ2n) is 14.2. The maximum absolute atomic E-state index is 12.0. The van der Waals surface area contributed by atoms with E-state index in [0.29, 0.717) is 31.0 Å². The fraction of sp³-hybridized carbons (Fsp3) is 0.794. The molecular formula is C34H59N3O7. The molecule has 252 valence electrons. The molecule has 2 aliphatic heterocycles. The van der Waals surface area contributed by atoms with Crippen LogP contribution in [0.15, 0.2) is 11.1 Å². The Labute approximate surface area is 265 Å². The number of allylic oxidation sites excluding steroid dienone is 2. The van der Waals surface area contributed by atoms with E-state index in [9.17, 15) is 24.0 Å². The van der Waals surface area contributed by atoms with E-state index < -0.39 is 11.2 Å². The van der Waals surface area contributed by atoms with Crippen LogP contribution in [-0.4, -0.2) is 82.8 Å². The summed E-state index contributed by atoms with van der Waals surface area (Å²) in [7, 11) is 0. The van der Waals surface area contributed by atoms with Gasteiger partial charge in [-0.3, -0.25) is 14.4 Å². The Morgan fingerprint density at radius 2 is 1.16 bits per heavy atom. The summed E-state index contributed by atoms with van der Waals surface area (Å²) in [5.41, 5.74) is 7.24. The number of Topliss-reactive ketones (excluding diaryl/α,β-unsaturated/α-hetero) is 3. The van der Waals surface area contributed by atoms with Crippen molar-refractivity contribution in [1.82, 2.24) is 9.80 Å². The Morgan fingerprint density at radius 3 is 1.48 bits per heavy atom. The predicted molar refractivity (Wildman–Crippen MR) is 172 cm³/mol. The van der Waals surface area contributed by atoms with Crippen LogP contribution in [0.5, 0.6) is 0 Å². The minimum absolute atomic E-state index is 0. The summed E-state index contributed by atoms with van der Waals surface area (Å²) < 4.78 is 10.7. The van der Waals surface area contributed by atoms with Gasteiger partial charge in [-0.25, -0.2) is 9.59 Å². The largest absolute Gasteiger partial charge is 0.444 e. The molecule has 44 heavy (non-hydrogen) atoms. The first-order chi connectivity index (χ1) is 19.9. The highest BCUT2D eigenvalue weighted by Gasteiger charge is 2.30. The maximum atomic E-state index is 12.0. The number of carbonyl (C=O) groups excluding carboxylic acids is 5. The molecule has 10 nitrogen and oxygen atoms in total. The van der Waals surface area contributed by atoms with Gasteiger partial charge in [-0.2, -0.15) is 0 Å². The van der Waals surface area contributed by atoms with Crippen molar-refractivity contribution >= 4 is 29.5 Å². The third-order valence-electron chi connectivity index (χ3n) is 8.18. The topological polar surface area (TPSA) is 136 Å². The van der Waals surface area contributed by atoms with Crippen LogP contribution in [0.3, 0.4) is 0 Å². The average molecular weight is 622 g/mol. The van der Waals surface area contributed by atoms with Crippen LogP contribution in [0.1, 0.15) is 121 Å². The van der Waals surface area contributed by atoms with Crippen LogP contribution < -0.4 is 5.73 Å². The monoisotopic (exact) mass is 621 g/mol. The number of nitrogens with zero attached hydrogens (tertiary/aromatic N) is 2. The van der Waals surface area contributed by atoms with E-state index in [4.69, 9.17) is 15.2 Å². The van der Waals surface area contributed by atoms with Crippen molar-refractivity contribution < 1.29 is 33.4 Å². The van der Waals surface area contributed by atoms with E-state index in [2.05, 4.69) is 0 Å². The highest BCUT2D eigenvalue weighted by molar-refractivity contribution is 6.08. The zero-order valence-electron chi connectivity index (χ0n) is 27.8. The SMILES string of the molecule is C.CC(C)(C)OC(=O)N1CCC(N)CC1.CC1=C(CC2CCN(C(=O)OC(C)(C)C)CC2)CCC1=O.CC1C(=O)CCC1=O. The molecule has 0 spiro atoms. The van der Waals surface area contributed by atoms with Crippen LogP contribution >= 0.6 is 0 Å². The van der Waals surface area contributed by atoms with E-state index in [1.54, 1.807) is 11.8 Å². The molecule has 0 aromatic heterocycles. The lowest BCUT2D eigenvalue weighted by molar-refractivity contribution is -0.126. The Balaban J connectivity index is 0.000000362. The van der Waals surface area contributed by atoms with Crippen LogP contribution in [0.25, 0.3) is 0 Å². The van der Waals surface area contributed by atoms with Gasteiger partial charge in [0.15, 0.2) is 5.78 Å². The predicted octanol–water partition coefficient (Wildman–Crippen LogP) is 6.24. The van der Waals surface area contributed by atoms with Gasteiger partial charge in [0.2, 0.25) is 0 Å². The maximum Gasteiger partial charge on any atom is 0.410 e. The zero-order chi connectivity index (χ0) is 32.5. The summed E-state index contributed by atoms with van der Waals surface area (Å²) in [6.07, 6.45) is 6.94. The molecule has 3 fully saturated rings. The number of hydrogen-bond acceptors (Lipinski definition) is 8. The van der Waals surface area contributed by atoms with E-state index in [-0.39, 0.29) is 43.1 Å². The summed E-state index contributed by atoms with van der Waals surface area (Å²) in [4.78, 5) is 59.8. The molecule has 1 saturated carbocycles. The summed E-state index contributed by atoms with van der Waals surface area (Å²) in [6, 6.07) is 0.244. The minimum Gasteiger partial charge on any atom is -0.444 e. The van der Waals surface area contributed by atoms with Gasteiger partial charge in [0, 0.05) is 51.5 Å². The van der Waals surface area contributed by atoms with Crippen LogP contribution in [0, 0.1) is 11.8 Å². The minimum atomic E-state index is -0.430. The van der Waals surface area contributed by atoms with Crippen molar-refractivity contribution in [2.24, 2.45) is 17.6 Å². The van der Waals surface area contributed by atoms with Crippen LogP contribution in [0.2, 0.25) is 0 Å². The third-order valence-corrected chi connectivity index (χ3v) is 8.18. The van der Waals surface area contributed by atoms with E-state index in [0.717, 1.165) is 70.3 Å². The number of amides is 2. The molecule has 0 atom stereocenters. The van der Waals surface area contributed by atoms with Crippen LogP contribution in [0.4, 0.5) is 9.59 Å². The third kappa shape index (κ3) is 13.5. The first-order valence-electron chi connectivity index (χ1n) is 15.8. The van der Waals surface area contributed by atoms with Gasteiger partial charge in [0.1, 0.15) is 22.8 Å². The molecule has 0 aromatic carbocycles. The van der Waals surface area contributed by atoms with Crippen molar-refractivity contribution in [2.75, 3.05) is 26.2 Å². The fourth-order valence-corrected chi connectivity index (χ4v) is 5.35. The number of ether oxygens (including phenoxy) is 2. The number of nitrogens with two attached hydrogens (primary N) is 1. The summed E-state index contributed by atoms with van der Waals surface area (Å²) in [5, 5.41) is 0. The van der Waals surface area contributed by atoms with Crippen molar-refractivity contribution in [3.05, 3.63) is 11.1 Å². The van der Waals surface area contributed by atoms with E-state index >= 15 is 0 Å². The molecule has 4 aliphatic rings. The van der Waals surface area contributed by atoms with Gasteiger partial charge in [0.25, 0.3) is 0 Å². The smallest absolute Gasteiger partial charge is 0.410 e. The second-order valence-corrected chi connectivity index (χ2v) is 14.2. The number of hydrogen-bond donors (Lipinski definition) is 1. The Kier molecular flexibility index (Phi) is 15.2. The molecule has 2 saturated heterocycles. The number of likely N-dealkylation sites (tertiary alicyclic amines) is 2. The van der Waals surface area contributed by atoms with Crippen molar-refractivity contribution in [2.45, 2.75) is 138 Å². The first kappa shape index (κ1) is 39.3. The standard InChI is InChI=1S/C17H27NO3.C10H20N2O2.C6H8O2.CH4/c1-12-14(5-6-15(12)19)11-13-7-9-18(10-8-13)16(20)21-17(2,3)4;1-10(2,3)14-9(13)12-6-4-8(11)5-7-12;1-4-5(7)2-3-6(4)8;/h13H,5-11H2,1-4H3;8H,4-7,11H2,1-3H3;4H,2-3H2,1H3;1H4. The number of ketones is 3. The molecule has 2 N–H and O–H groups in total. The van der Waals surface area contributed by atoms with Gasteiger partial charge in [-0.1, -0.05) is 13.0 Å². The van der Waals surface area contributed by atoms with Gasteiger partial charge in [-0.05, 0) is 105 Å². The van der Waals surface area contributed by atoms with Crippen molar-refractivity contribution in [3.63, 3.8) is 0 Å². The molecule has 0 radical (unpaired) electrons. The lowest BCUT2D eigenvalue weighted by atomic mass is 9.89. The molecule has 10 heteroatoms. The highest BCUT2D eigenvalue weighted by atomic mass is 16.6. The van der Waals surface area contributed by atoms with E-state index in [1.807, 2.05) is 53.4 Å². The molecule has 0 unspecified atom stereocenters. The van der Waals surface area contributed by atoms with Gasteiger partial charge in [0.05, 0.1) is 5.92 Å². The number of piperidine rings is 2. The second kappa shape index (κ2) is 17.1. The van der Waals surface area contributed by atoms with Crippen LogP contribution in [-0.2, 0) is 23.9 Å². The van der Waals surface area contributed by atoms with E-state index in [1.165, 1.54) is 5.57 Å². The first-order valence-corrected chi connectivity index (χ1v) is 15.8. The Hall–Kier alpha value is -2.75. The number of rotatable bonds is 2. The van der Waals surface area contributed by atoms with Gasteiger partial charge >= 0.3 is 12.2 Å². The van der Waals surface area contributed by atoms with Crippen molar-refractivity contribution in [1.29, 1.82) is 0 Å². The quantitative estimate of drug-likeness (QED) is 0.358. The summed E-state index contributed by atoms with van der Waals surface area (Å²) in [6.45, 7) is 17.9. The zero-order valence-corrected chi connectivity index (χ0v) is 27.8. The molecule has 0 bridgehead atoms. The summed E-state index contributed by atoms with van der Waals surface area (Å²) >= 11 is 0. The van der Waals surface area contributed by atoms with Gasteiger partial charge in [-0.15, -0.1) is 0 Å². The molecule has 2 aliphatic carbocycles. The average Bonchev–Trinajstić information content (AvgIpc) is 3.38. The van der Waals surface area contributed by atoms with Gasteiger partial charge < -0.3 is 25.0 Å². The summed E-state index contributed by atoms with van der Waals surface area (Å²) in [5.74, 6) is 0.829. The Bertz CT molecular complexity index is 1020. The molecule has 4 rings (SSSR count). The lowest BCUT2D eigenvalue weighted by Crippen LogP contribution is -2.44. The number of carbonyl (C=O) groups is 5. The Morgan fingerprint density at radius 1 is 0.750 bits per heavy atom. The lowest BCUT2D eigenvalue weighted by Gasteiger charge is -2.33. The molecule has 2 heterocycles.